The van der Waals surface area contributed by atoms with Crippen LogP contribution in [0.3, 0.4) is 0 Å². The van der Waals surface area contributed by atoms with Gasteiger partial charge < -0.3 is 0 Å². The number of benzene rings is 3. The molecule has 0 saturated heterocycles. The van der Waals surface area contributed by atoms with Crippen LogP contribution in [0.5, 0.6) is 0 Å². The normalized spacial score (nSPS) is 12.0. The molecule has 0 nitrogen and oxygen atoms in total. The summed E-state index contributed by atoms with van der Waals surface area (Å²) in [4.78, 5) is 0. The van der Waals surface area contributed by atoms with Crippen molar-refractivity contribution < 1.29 is 21.2 Å². The summed E-state index contributed by atoms with van der Waals surface area (Å²) in [5, 5.41) is 0. The summed E-state index contributed by atoms with van der Waals surface area (Å²) in [6.07, 6.45) is 0. The topological polar surface area (TPSA) is 0 Å². The van der Waals surface area contributed by atoms with Crippen molar-refractivity contribution in [2.45, 2.75) is 0 Å². The minimum absolute atomic E-state index is 0.0199. The fourth-order valence-corrected chi connectivity index (χ4v) is 5.37. The highest BCUT2D eigenvalue weighted by Gasteiger charge is 2.32. The Hall–Kier alpha value is -1.61. The molecule has 1 heterocycles. The monoisotopic (exact) mass is 355 g/mol. The van der Waals surface area contributed by atoms with Gasteiger partial charge in [0.15, 0.2) is 0 Å². The summed E-state index contributed by atoms with van der Waals surface area (Å²) >= 11 is 0.0199. The predicted octanol–water partition coefficient (Wildman–Crippen LogP) is 1.46. The Balaban J connectivity index is 1.89. The molecule has 1 aliphatic rings. The van der Waals surface area contributed by atoms with Crippen LogP contribution in [0.1, 0.15) is 0 Å². The van der Waals surface area contributed by atoms with Gasteiger partial charge in [-0.1, -0.05) is 42.5 Å². The fourth-order valence-electron chi connectivity index (χ4n) is 2.50. The van der Waals surface area contributed by atoms with Crippen LogP contribution in [0.4, 0.5) is 0 Å². The predicted molar refractivity (Wildman–Crippen MR) is 74.7 cm³/mol. The molecule has 0 amide bonds. The molecule has 0 atom stereocenters. The molecule has 0 radical (unpaired) electrons. The molecular weight excluding hydrogens is 343 g/mol. The highest BCUT2D eigenvalue weighted by molar-refractivity contribution is 5.73. The third-order valence-corrected chi connectivity index (χ3v) is 6.48. The van der Waals surface area contributed by atoms with Crippen LogP contribution < -0.4 is 21.2 Å². The summed E-state index contributed by atoms with van der Waals surface area (Å²) in [6.45, 7) is 0. The van der Waals surface area contributed by atoms with Crippen molar-refractivity contribution in [1.82, 2.24) is 0 Å². The third-order valence-electron chi connectivity index (χ3n) is 3.44. The van der Waals surface area contributed by atoms with Gasteiger partial charge in [0.05, 0.1) is 0 Å². The molecule has 90 valence electrons. The second-order valence-corrected chi connectivity index (χ2v) is 7.50. The highest BCUT2D eigenvalue weighted by atomic mass is 127. The Morgan fingerprint density at radius 2 is 1.26 bits per heavy atom. The van der Waals surface area contributed by atoms with Gasteiger partial charge in [0.25, 0.3) is 0 Å². The standard InChI is InChI=1S/C18H12I/c1-2-6-13(7-3-1)14-10-11-18-16(12-14)15-8-4-5-9-17(15)19-18/h1-12H/q+1. The zero-order chi connectivity index (χ0) is 12.7. The number of halogens is 1. The van der Waals surface area contributed by atoms with Gasteiger partial charge in [-0.05, 0) is 41.5 Å². The van der Waals surface area contributed by atoms with Crippen molar-refractivity contribution in [1.29, 1.82) is 0 Å². The van der Waals surface area contributed by atoms with E-state index in [0.29, 0.717) is 0 Å². The van der Waals surface area contributed by atoms with Crippen molar-refractivity contribution in [3.05, 3.63) is 79.9 Å². The molecule has 19 heavy (non-hydrogen) atoms. The van der Waals surface area contributed by atoms with E-state index in [2.05, 4.69) is 72.8 Å². The van der Waals surface area contributed by atoms with Crippen molar-refractivity contribution >= 4 is 0 Å². The van der Waals surface area contributed by atoms with Gasteiger partial charge in [-0.2, -0.15) is 0 Å². The van der Waals surface area contributed by atoms with Gasteiger partial charge >= 0.3 is 21.2 Å². The first-order valence-corrected chi connectivity index (χ1v) is 8.51. The van der Waals surface area contributed by atoms with Gasteiger partial charge in [-0.25, -0.2) is 0 Å². The van der Waals surface area contributed by atoms with Gasteiger partial charge in [0.1, 0.15) is 0 Å². The Bertz CT molecular complexity index is 745. The van der Waals surface area contributed by atoms with E-state index in [1.807, 2.05) is 0 Å². The molecule has 3 aromatic rings. The van der Waals surface area contributed by atoms with Crippen LogP contribution in [-0.4, -0.2) is 0 Å². The van der Waals surface area contributed by atoms with E-state index in [9.17, 15) is 0 Å². The Morgan fingerprint density at radius 3 is 2.16 bits per heavy atom. The first-order valence-electron chi connectivity index (χ1n) is 6.35. The fraction of sp³-hybridized carbons (Fsp3) is 0. The largest absolute Gasteiger partial charge is 0.359 e. The van der Waals surface area contributed by atoms with Crippen molar-refractivity contribution in [2.75, 3.05) is 0 Å². The lowest BCUT2D eigenvalue weighted by Gasteiger charge is -2.02. The smallest absolute Gasteiger partial charge is 0.0622 e. The molecule has 0 fully saturated rings. The summed E-state index contributed by atoms with van der Waals surface area (Å²) in [7, 11) is 0. The Morgan fingerprint density at radius 1 is 0.526 bits per heavy atom. The molecular formula is C18H12I+. The van der Waals surface area contributed by atoms with E-state index < -0.39 is 0 Å². The van der Waals surface area contributed by atoms with Gasteiger partial charge in [-0.3, -0.25) is 0 Å². The van der Waals surface area contributed by atoms with Crippen molar-refractivity contribution in [2.24, 2.45) is 0 Å². The maximum Gasteiger partial charge on any atom is 0.359 e. The molecule has 0 bridgehead atoms. The molecule has 0 aromatic heterocycles. The number of rotatable bonds is 1. The van der Waals surface area contributed by atoms with E-state index >= 15 is 0 Å². The Labute approximate surface area is 123 Å². The molecule has 1 heteroatoms. The molecule has 0 spiro atoms. The van der Waals surface area contributed by atoms with E-state index in [0.717, 1.165) is 0 Å². The maximum atomic E-state index is 2.36. The van der Waals surface area contributed by atoms with E-state index in [1.54, 1.807) is 7.14 Å². The van der Waals surface area contributed by atoms with Crippen molar-refractivity contribution in [3.8, 4) is 22.3 Å². The van der Waals surface area contributed by atoms with Crippen molar-refractivity contribution in [3.63, 3.8) is 0 Å². The molecule has 1 aliphatic heterocycles. The quantitative estimate of drug-likeness (QED) is 0.454. The third kappa shape index (κ3) is 1.89. The molecule has 0 unspecified atom stereocenters. The zero-order valence-corrected chi connectivity index (χ0v) is 12.5. The zero-order valence-electron chi connectivity index (χ0n) is 10.3. The summed E-state index contributed by atoms with van der Waals surface area (Å²) in [6, 6.07) is 26.4. The molecule has 3 aromatic carbocycles. The lowest BCUT2D eigenvalue weighted by atomic mass is 9.99. The first kappa shape index (κ1) is 11.2. The minimum Gasteiger partial charge on any atom is -0.0622 e. The lowest BCUT2D eigenvalue weighted by Crippen LogP contribution is -3.61. The number of hydrogen-bond acceptors (Lipinski definition) is 0. The van der Waals surface area contributed by atoms with Crippen LogP contribution in [0.15, 0.2) is 72.8 Å². The molecule has 0 aliphatic carbocycles. The van der Waals surface area contributed by atoms with Crippen LogP contribution in [-0.2, 0) is 0 Å². The molecule has 4 rings (SSSR count). The van der Waals surface area contributed by atoms with Crippen LogP contribution in [0.25, 0.3) is 22.3 Å². The SMILES string of the molecule is c1ccc(-c2ccc3c(c2)-c2ccccc2[I+]3)cc1. The summed E-state index contributed by atoms with van der Waals surface area (Å²) in [5.41, 5.74) is 5.51. The van der Waals surface area contributed by atoms with E-state index in [-0.39, 0.29) is 21.2 Å². The van der Waals surface area contributed by atoms with E-state index in [4.69, 9.17) is 0 Å². The van der Waals surface area contributed by atoms with Crippen LogP contribution in [0.2, 0.25) is 0 Å². The summed E-state index contributed by atoms with van der Waals surface area (Å²) < 4.78 is 3.11. The van der Waals surface area contributed by atoms with Crippen LogP contribution >= 0.6 is 0 Å². The summed E-state index contributed by atoms with van der Waals surface area (Å²) in [5.74, 6) is 0. The minimum atomic E-state index is 0.0199. The van der Waals surface area contributed by atoms with Gasteiger partial charge in [0.2, 0.25) is 7.14 Å². The first-order chi connectivity index (χ1) is 9.42. The van der Waals surface area contributed by atoms with Crippen LogP contribution in [0, 0.1) is 7.14 Å². The van der Waals surface area contributed by atoms with E-state index in [1.165, 1.54) is 22.3 Å². The number of fused-ring (bicyclic) bond motifs is 3. The maximum absolute atomic E-state index is 2.36. The van der Waals surface area contributed by atoms with Gasteiger partial charge in [0, 0.05) is 11.1 Å². The molecule has 0 saturated carbocycles. The van der Waals surface area contributed by atoms with Gasteiger partial charge in [-0.15, -0.1) is 0 Å². The second kappa shape index (κ2) is 4.49. The highest BCUT2D eigenvalue weighted by Crippen LogP contribution is 2.28. The Kier molecular flexibility index (Phi) is 2.66. The average molecular weight is 355 g/mol. The lowest BCUT2D eigenvalue weighted by molar-refractivity contribution is -0.589. The second-order valence-electron chi connectivity index (χ2n) is 4.63. The number of hydrogen-bond donors (Lipinski definition) is 0. The average Bonchev–Trinajstić information content (AvgIpc) is 2.86. The molecule has 0 N–H and O–H groups in total.